The van der Waals surface area contributed by atoms with Crippen molar-refractivity contribution in [2.24, 2.45) is 34.2 Å². The number of aromatic hydroxyl groups is 1. The van der Waals surface area contributed by atoms with Crippen molar-refractivity contribution in [2.75, 3.05) is 27.2 Å². The van der Waals surface area contributed by atoms with Gasteiger partial charge in [0.05, 0.1) is 12.9 Å². The van der Waals surface area contributed by atoms with Crippen LogP contribution in [-0.4, -0.2) is 148 Å². The van der Waals surface area contributed by atoms with Crippen LogP contribution >= 0.6 is 0 Å². The van der Waals surface area contributed by atoms with E-state index in [1.165, 1.54) is 38.6 Å². The molecule has 0 saturated carbocycles. The van der Waals surface area contributed by atoms with E-state index in [0.29, 0.717) is 30.5 Å². The normalized spacial score (nSPS) is 15.1. The van der Waals surface area contributed by atoms with Crippen LogP contribution in [0.4, 0.5) is 0 Å². The molecule has 0 aliphatic carbocycles. The van der Waals surface area contributed by atoms with Crippen LogP contribution in [0.1, 0.15) is 85.4 Å². The minimum atomic E-state index is -1.35. The van der Waals surface area contributed by atoms with Crippen molar-refractivity contribution < 1.29 is 48.6 Å². The smallest absolute Gasteiger partial charge is 0.326 e. The molecule has 1 aromatic heterocycles. The number of rotatable bonds is 29. The van der Waals surface area contributed by atoms with Gasteiger partial charge in [-0.1, -0.05) is 66.5 Å². The highest BCUT2D eigenvalue weighted by Gasteiger charge is 2.37. The standard InChI is InChI=1S/C45H73N13O10/c1-10-25(5)36(42(65)54-33(20-29-21-49-23-51-29)43(66)58(9)27(7)38(61)57-37(44(67)68)26(6)11-2)56-40(63)32(19-28-14-16-30(59)17-15-28)53-41(64)35(24(3)4)55-39(62)31(52-34(60)22-48-8)13-12-18-50-45(46)47/h14-17,21,23-27,31-33,35-37,48,59H,10-13,18-20,22H2,1-9H3,(H,49,51)(H,52,60)(H,53,64)(H,54,65)(H,55,62)(H,56,63)(H,57,61)(H,67,68)(H4,46,47,50)/t25-,26-,27-,31-,32-,33-,35-,36-,37-/m0/s1. The number of amides is 7. The second-order valence-corrected chi connectivity index (χ2v) is 17.3. The van der Waals surface area contributed by atoms with Crippen LogP contribution in [0.5, 0.6) is 5.75 Å². The van der Waals surface area contributed by atoms with Gasteiger partial charge in [0.25, 0.3) is 0 Å². The van der Waals surface area contributed by atoms with Gasteiger partial charge in [0.1, 0.15) is 48.0 Å². The summed E-state index contributed by atoms with van der Waals surface area (Å²) in [5.41, 5.74) is 11.9. The summed E-state index contributed by atoms with van der Waals surface area (Å²) in [5.74, 6) is -7.72. The third-order valence-corrected chi connectivity index (χ3v) is 11.7. The number of imidazole rings is 1. The fourth-order valence-electron chi connectivity index (χ4n) is 6.91. The number of carbonyl (C=O) groups is 8. The van der Waals surface area contributed by atoms with Crippen LogP contribution in [0.15, 0.2) is 41.8 Å². The summed E-state index contributed by atoms with van der Waals surface area (Å²) < 4.78 is 0. The first-order valence-corrected chi connectivity index (χ1v) is 22.8. The van der Waals surface area contributed by atoms with Crippen molar-refractivity contribution in [1.29, 1.82) is 0 Å². The van der Waals surface area contributed by atoms with Gasteiger partial charge in [-0.05, 0) is 62.3 Å². The molecule has 23 heteroatoms. The van der Waals surface area contributed by atoms with Crippen LogP contribution in [0.3, 0.4) is 0 Å². The molecule has 7 amide bonds. The molecule has 0 aliphatic rings. The third-order valence-electron chi connectivity index (χ3n) is 11.7. The third kappa shape index (κ3) is 18.5. The quantitative estimate of drug-likeness (QED) is 0.0258. The molecule has 2 aromatic rings. The summed E-state index contributed by atoms with van der Waals surface area (Å²) in [7, 11) is 2.92. The van der Waals surface area contributed by atoms with Crippen molar-refractivity contribution in [2.45, 2.75) is 129 Å². The highest BCUT2D eigenvalue weighted by Crippen LogP contribution is 2.16. The number of hydrogen-bond donors (Lipinski definition) is 12. The Morgan fingerprint density at radius 1 is 0.735 bits per heavy atom. The summed E-state index contributed by atoms with van der Waals surface area (Å²) in [6.45, 7) is 11.9. The first-order chi connectivity index (χ1) is 32.0. The number of guanidine groups is 1. The van der Waals surface area contributed by atoms with Crippen LogP contribution in [-0.2, 0) is 51.2 Å². The zero-order valence-electron chi connectivity index (χ0n) is 40.6. The maximum Gasteiger partial charge on any atom is 0.326 e. The van der Waals surface area contributed by atoms with E-state index in [-0.39, 0.29) is 44.1 Å². The molecule has 0 bridgehead atoms. The topological polar surface area (TPSA) is 358 Å². The van der Waals surface area contributed by atoms with Crippen LogP contribution in [0.2, 0.25) is 0 Å². The number of nitrogens with two attached hydrogens (primary N) is 2. The van der Waals surface area contributed by atoms with Crippen molar-refractivity contribution in [3.63, 3.8) is 0 Å². The predicted molar refractivity (Wildman–Crippen MR) is 253 cm³/mol. The van der Waals surface area contributed by atoms with Gasteiger partial charge in [-0.15, -0.1) is 0 Å². The average Bonchev–Trinajstić information content (AvgIpc) is 3.81. The molecule has 1 heterocycles. The van der Waals surface area contributed by atoms with Gasteiger partial charge >= 0.3 is 5.97 Å². The molecule has 23 nitrogen and oxygen atoms in total. The lowest BCUT2D eigenvalue weighted by Crippen LogP contribution is -2.62. The van der Waals surface area contributed by atoms with E-state index in [1.54, 1.807) is 60.7 Å². The Bertz CT molecular complexity index is 2010. The molecule has 0 spiro atoms. The number of aliphatic carboxylic acids is 1. The number of carbonyl (C=O) groups excluding carboxylic acids is 7. The van der Waals surface area contributed by atoms with E-state index in [1.807, 2.05) is 0 Å². The van der Waals surface area contributed by atoms with Crippen molar-refractivity contribution >= 4 is 53.3 Å². The molecule has 0 saturated heterocycles. The predicted octanol–water partition coefficient (Wildman–Crippen LogP) is -1.24. The van der Waals surface area contributed by atoms with E-state index < -0.39 is 107 Å². The number of nitrogens with zero attached hydrogens (tertiary/aromatic N) is 3. The van der Waals surface area contributed by atoms with Gasteiger partial charge in [-0.25, -0.2) is 9.78 Å². The number of phenols is 1. The lowest BCUT2D eigenvalue weighted by Gasteiger charge is -2.32. The van der Waals surface area contributed by atoms with E-state index in [2.05, 4.69) is 52.2 Å². The maximum absolute atomic E-state index is 14.4. The van der Waals surface area contributed by atoms with Crippen molar-refractivity contribution in [3.05, 3.63) is 48.0 Å². The van der Waals surface area contributed by atoms with Gasteiger partial charge in [0, 0.05) is 38.3 Å². The Kier molecular flexibility index (Phi) is 24.0. The number of carboxylic acid groups (broad SMARTS) is 1. The monoisotopic (exact) mass is 956 g/mol. The van der Waals surface area contributed by atoms with Crippen LogP contribution < -0.4 is 48.7 Å². The number of aromatic amines is 1. The Balaban J connectivity index is 2.47. The van der Waals surface area contributed by atoms with Gasteiger partial charge in [0.15, 0.2) is 5.96 Å². The molecule has 0 aliphatic heterocycles. The maximum atomic E-state index is 14.4. The molecule has 14 N–H and O–H groups in total. The number of H-pyrrole nitrogens is 1. The molecule has 9 atom stereocenters. The fraction of sp³-hybridized carbons (Fsp3) is 0.600. The number of phenolic OH excluding ortho intramolecular Hbond substituents is 1. The SMILES string of the molecule is CC[C@H](C)[C@H](NC(=O)[C@H](C)N(C)C(=O)[C@H](Cc1cnc[nH]1)NC(=O)[C@@H](NC(=O)[C@H](Cc1ccc(O)cc1)NC(=O)[C@@H](NC(=O)[C@H](CCCN=C(N)N)NC(=O)CNC)C(C)C)[C@@H](C)CC)C(=O)O. The highest BCUT2D eigenvalue weighted by atomic mass is 16.4. The first-order valence-electron chi connectivity index (χ1n) is 22.8. The van der Waals surface area contributed by atoms with Crippen LogP contribution in [0, 0.1) is 17.8 Å². The van der Waals surface area contributed by atoms with E-state index >= 15 is 0 Å². The summed E-state index contributed by atoms with van der Waals surface area (Å²) in [6.07, 6.45) is 3.91. The van der Waals surface area contributed by atoms with Crippen molar-refractivity contribution in [1.82, 2.24) is 52.1 Å². The number of aromatic nitrogens is 2. The number of likely N-dealkylation sites (N-methyl/N-ethyl adjacent to an activating group) is 2. The molecule has 2 rings (SSSR count). The summed E-state index contributed by atoms with van der Waals surface area (Å²) >= 11 is 0. The lowest BCUT2D eigenvalue weighted by atomic mass is 9.96. The number of nitrogens with one attached hydrogen (secondary N) is 8. The van der Waals surface area contributed by atoms with E-state index in [9.17, 15) is 48.6 Å². The molecule has 0 unspecified atom stereocenters. The van der Waals surface area contributed by atoms with E-state index in [4.69, 9.17) is 11.5 Å². The fourth-order valence-corrected chi connectivity index (χ4v) is 6.91. The minimum Gasteiger partial charge on any atom is -0.508 e. The van der Waals surface area contributed by atoms with E-state index in [0.717, 1.165) is 4.90 Å². The zero-order valence-corrected chi connectivity index (χ0v) is 40.6. The second kappa shape index (κ2) is 28.4. The molecule has 68 heavy (non-hydrogen) atoms. The Morgan fingerprint density at radius 2 is 1.29 bits per heavy atom. The summed E-state index contributed by atoms with van der Waals surface area (Å²) in [4.78, 5) is 121. The molecule has 378 valence electrons. The molecule has 0 fully saturated rings. The van der Waals surface area contributed by atoms with Crippen molar-refractivity contribution in [3.8, 4) is 5.75 Å². The largest absolute Gasteiger partial charge is 0.508 e. The Labute approximate surface area is 397 Å². The number of benzene rings is 1. The minimum absolute atomic E-state index is 0.0417. The lowest BCUT2D eigenvalue weighted by molar-refractivity contribution is -0.146. The summed E-state index contributed by atoms with van der Waals surface area (Å²) in [6, 6.07) is -2.67. The number of hydrogen-bond acceptors (Lipinski definition) is 12. The number of aliphatic imine (C=N–C) groups is 1. The average molecular weight is 956 g/mol. The zero-order chi connectivity index (χ0) is 51.2. The Hall–Kier alpha value is -6.78. The molecule has 1 aromatic carbocycles. The molecular formula is C45H73N13O10. The molecular weight excluding hydrogens is 883 g/mol. The highest BCUT2D eigenvalue weighted by molar-refractivity contribution is 5.97. The number of carboxylic acids is 1. The van der Waals surface area contributed by atoms with Crippen LogP contribution in [0.25, 0.3) is 0 Å². The Morgan fingerprint density at radius 3 is 1.84 bits per heavy atom. The second-order valence-electron chi connectivity index (χ2n) is 17.3. The van der Waals surface area contributed by atoms with Gasteiger partial charge in [0.2, 0.25) is 41.4 Å². The molecule has 0 radical (unpaired) electrons. The van der Waals surface area contributed by atoms with Gasteiger partial charge in [-0.3, -0.25) is 38.6 Å². The summed E-state index contributed by atoms with van der Waals surface area (Å²) in [5, 5.41) is 38.6. The van der Waals surface area contributed by atoms with Gasteiger partial charge in [-0.2, -0.15) is 0 Å². The first kappa shape index (κ1) is 57.3. The van der Waals surface area contributed by atoms with Gasteiger partial charge < -0.3 is 68.8 Å².